The Labute approximate surface area is 171 Å². The van der Waals surface area contributed by atoms with Gasteiger partial charge in [0, 0.05) is 43.7 Å². The van der Waals surface area contributed by atoms with Crippen LogP contribution in [0.4, 0.5) is 0 Å². The molecule has 3 heterocycles. The van der Waals surface area contributed by atoms with Crippen molar-refractivity contribution in [1.29, 1.82) is 0 Å². The first kappa shape index (κ1) is 20.8. The number of nitrogens with zero attached hydrogens (tertiary/aromatic N) is 3. The zero-order valence-electron chi connectivity index (χ0n) is 16.4. The van der Waals surface area contributed by atoms with E-state index in [1.807, 2.05) is 24.7 Å². The molecule has 1 aromatic heterocycles. The largest absolute Gasteiger partial charge is 0.496 e. The topological polar surface area (TPSA) is 58.0 Å². The van der Waals surface area contributed by atoms with Gasteiger partial charge in [0.25, 0.3) is 0 Å². The zero-order valence-corrected chi connectivity index (χ0v) is 17.2. The zero-order chi connectivity index (χ0) is 18.6. The van der Waals surface area contributed by atoms with Crippen LogP contribution >= 0.6 is 12.4 Å². The predicted molar refractivity (Wildman–Crippen MR) is 109 cm³/mol. The van der Waals surface area contributed by atoms with Gasteiger partial charge in [-0.3, -0.25) is 4.90 Å². The van der Waals surface area contributed by atoms with Gasteiger partial charge >= 0.3 is 0 Å². The molecule has 1 unspecified atom stereocenters. The van der Waals surface area contributed by atoms with Crippen molar-refractivity contribution >= 4 is 12.4 Å². The number of hydrogen-bond donors (Lipinski definition) is 0. The van der Waals surface area contributed by atoms with Crippen molar-refractivity contribution < 1.29 is 18.9 Å². The first-order valence-corrected chi connectivity index (χ1v) is 9.56. The molecule has 0 radical (unpaired) electrons. The van der Waals surface area contributed by atoms with Gasteiger partial charge in [-0.05, 0) is 13.0 Å². The van der Waals surface area contributed by atoms with Crippen LogP contribution in [0.3, 0.4) is 0 Å². The third kappa shape index (κ3) is 4.37. The Morgan fingerprint density at radius 2 is 1.82 bits per heavy atom. The highest BCUT2D eigenvalue weighted by Gasteiger charge is 2.21. The summed E-state index contributed by atoms with van der Waals surface area (Å²) in [5.41, 5.74) is 1.98. The Balaban J connectivity index is 0.00000225. The van der Waals surface area contributed by atoms with E-state index < -0.39 is 0 Å². The van der Waals surface area contributed by atoms with Crippen molar-refractivity contribution in [3.63, 3.8) is 0 Å². The van der Waals surface area contributed by atoms with Gasteiger partial charge in [-0.15, -0.1) is 12.4 Å². The number of halogens is 1. The third-order valence-corrected chi connectivity index (χ3v) is 5.11. The Bertz CT molecular complexity index is 777. The van der Waals surface area contributed by atoms with Crippen LogP contribution in [0, 0.1) is 0 Å². The van der Waals surface area contributed by atoms with E-state index in [1.165, 1.54) is 0 Å². The number of methoxy groups -OCH3 is 1. The van der Waals surface area contributed by atoms with Crippen LogP contribution in [0.25, 0.3) is 11.3 Å². The average Bonchev–Trinajstić information content (AvgIpc) is 3.07. The number of imidazole rings is 1. The number of hydrogen-bond acceptors (Lipinski definition) is 6. The van der Waals surface area contributed by atoms with Crippen LogP contribution in [0.5, 0.6) is 17.2 Å². The lowest BCUT2D eigenvalue weighted by Gasteiger charge is -2.30. The Morgan fingerprint density at radius 3 is 2.54 bits per heavy atom. The van der Waals surface area contributed by atoms with Crippen LogP contribution in [0.2, 0.25) is 0 Å². The first-order chi connectivity index (χ1) is 13.3. The molecule has 0 bridgehead atoms. The molecule has 154 valence electrons. The van der Waals surface area contributed by atoms with Crippen LogP contribution < -0.4 is 14.2 Å². The van der Waals surface area contributed by atoms with E-state index in [-0.39, 0.29) is 18.4 Å². The fraction of sp³-hybridized carbons (Fsp3) is 0.550. The fourth-order valence-electron chi connectivity index (χ4n) is 3.67. The molecule has 0 amide bonds. The molecule has 1 saturated heterocycles. The maximum absolute atomic E-state index is 5.88. The second-order valence-electron chi connectivity index (χ2n) is 7.00. The van der Waals surface area contributed by atoms with E-state index in [0.29, 0.717) is 13.2 Å². The molecule has 1 fully saturated rings. The molecule has 0 aliphatic carbocycles. The lowest BCUT2D eigenvalue weighted by Crippen LogP contribution is -2.39. The van der Waals surface area contributed by atoms with Crippen molar-refractivity contribution in [3.8, 4) is 28.5 Å². The molecule has 28 heavy (non-hydrogen) atoms. The van der Waals surface area contributed by atoms with E-state index in [0.717, 1.165) is 67.8 Å². The van der Waals surface area contributed by atoms with Gasteiger partial charge in [-0.2, -0.15) is 0 Å². The highest BCUT2D eigenvalue weighted by molar-refractivity contribution is 5.85. The summed E-state index contributed by atoms with van der Waals surface area (Å²) in [7, 11) is 1.68. The second kappa shape index (κ2) is 9.49. The number of rotatable bonds is 5. The molecule has 2 aliphatic rings. The Hall–Kier alpha value is -1.96. The molecule has 7 nitrogen and oxygen atoms in total. The molecule has 1 atom stereocenters. The van der Waals surface area contributed by atoms with Gasteiger partial charge in [0.1, 0.15) is 5.75 Å². The first-order valence-electron chi connectivity index (χ1n) is 9.56. The van der Waals surface area contributed by atoms with E-state index in [1.54, 1.807) is 7.11 Å². The van der Waals surface area contributed by atoms with Gasteiger partial charge in [-0.1, -0.05) is 0 Å². The molecular formula is C20H28ClN3O4. The molecular weight excluding hydrogens is 382 g/mol. The number of morpholine rings is 1. The normalized spacial score (nSPS) is 18.1. The van der Waals surface area contributed by atoms with Gasteiger partial charge < -0.3 is 23.5 Å². The molecule has 2 aliphatic heterocycles. The monoisotopic (exact) mass is 409 g/mol. The minimum absolute atomic E-state index is 0. The van der Waals surface area contributed by atoms with E-state index in [9.17, 15) is 0 Å². The van der Waals surface area contributed by atoms with Crippen LogP contribution in [-0.4, -0.2) is 67.6 Å². The van der Waals surface area contributed by atoms with Gasteiger partial charge in [0.2, 0.25) is 0 Å². The number of fused-ring (bicyclic) bond motifs is 1. The molecule has 0 N–H and O–H groups in total. The van der Waals surface area contributed by atoms with E-state index in [4.69, 9.17) is 18.9 Å². The number of aromatic nitrogens is 2. The fourth-order valence-corrected chi connectivity index (χ4v) is 3.67. The number of ether oxygens (including phenoxy) is 4. The van der Waals surface area contributed by atoms with Crippen LogP contribution in [0.1, 0.15) is 19.4 Å². The minimum Gasteiger partial charge on any atom is -0.496 e. The summed E-state index contributed by atoms with van der Waals surface area (Å²) in [6.45, 7) is 8.05. The molecule has 8 heteroatoms. The van der Waals surface area contributed by atoms with E-state index in [2.05, 4.69) is 21.4 Å². The van der Waals surface area contributed by atoms with Crippen molar-refractivity contribution in [2.45, 2.75) is 19.4 Å². The summed E-state index contributed by atoms with van der Waals surface area (Å²) in [6.07, 6.45) is 4.65. The van der Waals surface area contributed by atoms with E-state index >= 15 is 0 Å². The van der Waals surface area contributed by atoms with Gasteiger partial charge in [-0.25, -0.2) is 4.98 Å². The number of benzene rings is 1. The Morgan fingerprint density at radius 1 is 1.11 bits per heavy atom. The molecule has 4 rings (SSSR count). The lowest BCUT2D eigenvalue weighted by atomic mass is 10.1. The van der Waals surface area contributed by atoms with Crippen molar-refractivity contribution in [2.75, 3.05) is 53.2 Å². The summed E-state index contributed by atoms with van der Waals surface area (Å²) in [4.78, 5) is 6.84. The minimum atomic E-state index is 0. The molecule has 0 spiro atoms. The second-order valence-corrected chi connectivity index (χ2v) is 7.00. The smallest absolute Gasteiger partial charge is 0.164 e. The standard InChI is InChI=1S/C20H27N3O4.ClH/c1-15(13-22-4-8-25-9-5-22)23-14-21-12-17(23)16-10-19-20(11-18(16)24-2)27-7-3-6-26-19;/h10-12,14-15H,3-9,13H2,1-2H3;1H. The molecule has 2 aromatic rings. The summed E-state index contributed by atoms with van der Waals surface area (Å²) >= 11 is 0. The predicted octanol–water partition coefficient (Wildman–Crippen LogP) is 3.04. The lowest BCUT2D eigenvalue weighted by molar-refractivity contribution is 0.0326. The summed E-state index contributed by atoms with van der Waals surface area (Å²) < 4.78 is 25.0. The Kier molecular flexibility index (Phi) is 7.04. The SMILES string of the molecule is COc1cc2c(cc1-c1cncn1C(C)CN1CCOCC1)OCCCO2.Cl. The van der Waals surface area contributed by atoms with Crippen molar-refractivity contribution in [1.82, 2.24) is 14.5 Å². The maximum atomic E-state index is 5.88. The summed E-state index contributed by atoms with van der Waals surface area (Å²) in [5.74, 6) is 2.26. The van der Waals surface area contributed by atoms with Crippen molar-refractivity contribution in [2.24, 2.45) is 0 Å². The summed E-state index contributed by atoms with van der Waals surface area (Å²) in [5, 5.41) is 0. The van der Waals surface area contributed by atoms with Crippen LogP contribution in [0.15, 0.2) is 24.7 Å². The summed E-state index contributed by atoms with van der Waals surface area (Å²) in [6, 6.07) is 4.20. The maximum Gasteiger partial charge on any atom is 0.164 e. The van der Waals surface area contributed by atoms with Crippen LogP contribution in [-0.2, 0) is 4.74 Å². The average molecular weight is 410 g/mol. The quantitative estimate of drug-likeness (QED) is 0.756. The van der Waals surface area contributed by atoms with Gasteiger partial charge in [0.05, 0.1) is 51.8 Å². The molecule has 0 saturated carbocycles. The highest BCUT2D eigenvalue weighted by atomic mass is 35.5. The van der Waals surface area contributed by atoms with Gasteiger partial charge in [0.15, 0.2) is 11.5 Å². The molecule has 1 aromatic carbocycles. The van der Waals surface area contributed by atoms with Crippen molar-refractivity contribution in [3.05, 3.63) is 24.7 Å². The highest BCUT2D eigenvalue weighted by Crippen LogP contribution is 2.41. The third-order valence-electron chi connectivity index (χ3n) is 5.11.